The largest absolute Gasteiger partial charge is 0.385 e. The van der Waals surface area contributed by atoms with Crippen molar-refractivity contribution in [2.75, 3.05) is 25.6 Å². The van der Waals surface area contributed by atoms with E-state index in [2.05, 4.69) is 28.0 Å². The summed E-state index contributed by atoms with van der Waals surface area (Å²) in [4.78, 5) is 4.32. The van der Waals surface area contributed by atoms with Gasteiger partial charge in [-0.2, -0.15) is 0 Å². The number of nitrogens with zero attached hydrogens (tertiary/aromatic N) is 2. The van der Waals surface area contributed by atoms with Gasteiger partial charge in [-0.1, -0.05) is 6.92 Å². The Labute approximate surface area is 90.6 Å². The van der Waals surface area contributed by atoms with Crippen LogP contribution in [-0.4, -0.2) is 29.8 Å². The standard InChI is InChI=1S/C11H19N3O/c1-9-8-10(9)14-6-5-13-11(14)12-4-3-7-15-2/h5-6,9-10H,3-4,7-8H2,1-2H3,(H,12,13). The summed E-state index contributed by atoms with van der Waals surface area (Å²) in [5, 5.41) is 3.34. The lowest BCUT2D eigenvalue weighted by atomic mass is 10.4. The molecule has 4 heteroatoms. The summed E-state index contributed by atoms with van der Waals surface area (Å²) in [5.41, 5.74) is 0. The molecule has 0 saturated heterocycles. The van der Waals surface area contributed by atoms with Crippen molar-refractivity contribution in [1.29, 1.82) is 0 Å². The van der Waals surface area contributed by atoms with Gasteiger partial charge in [-0.15, -0.1) is 0 Å². The van der Waals surface area contributed by atoms with Gasteiger partial charge in [0, 0.05) is 38.7 Å². The predicted octanol–water partition coefficient (Wildman–Crippen LogP) is 1.91. The van der Waals surface area contributed by atoms with E-state index in [1.165, 1.54) is 6.42 Å². The van der Waals surface area contributed by atoms with E-state index in [1.54, 1.807) is 7.11 Å². The van der Waals surface area contributed by atoms with Gasteiger partial charge in [-0.3, -0.25) is 0 Å². The van der Waals surface area contributed by atoms with Gasteiger partial charge in [0.1, 0.15) is 0 Å². The second-order valence-electron chi connectivity index (χ2n) is 4.21. The third-order valence-electron chi connectivity index (χ3n) is 2.90. The van der Waals surface area contributed by atoms with Gasteiger partial charge in [-0.25, -0.2) is 4.98 Å². The average molecular weight is 209 g/mol. The molecule has 0 bridgehead atoms. The Morgan fingerprint density at radius 2 is 2.47 bits per heavy atom. The summed E-state index contributed by atoms with van der Waals surface area (Å²) < 4.78 is 7.25. The van der Waals surface area contributed by atoms with Crippen LogP contribution in [0, 0.1) is 5.92 Å². The van der Waals surface area contributed by atoms with Crippen LogP contribution in [0.1, 0.15) is 25.8 Å². The number of nitrogens with one attached hydrogen (secondary N) is 1. The molecule has 15 heavy (non-hydrogen) atoms. The Kier molecular flexibility index (Phi) is 3.26. The minimum absolute atomic E-state index is 0.664. The molecule has 1 N–H and O–H groups in total. The first-order valence-corrected chi connectivity index (χ1v) is 5.58. The Bertz CT molecular complexity index is 311. The molecule has 1 fully saturated rings. The van der Waals surface area contributed by atoms with Crippen LogP contribution >= 0.6 is 0 Å². The summed E-state index contributed by atoms with van der Waals surface area (Å²) in [6.45, 7) is 4.00. The molecule has 2 unspecified atom stereocenters. The molecule has 0 aromatic carbocycles. The van der Waals surface area contributed by atoms with Crippen LogP contribution in [0.4, 0.5) is 5.95 Å². The van der Waals surface area contributed by atoms with E-state index in [-0.39, 0.29) is 0 Å². The lowest BCUT2D eigenvalue weighted by Crippen LogP contribution is -2.09. The van der Waals surface area contributed by atoms with E-state index < -0.39 is 0 Å². The van der Waals surface area contributed by atoms with Crippen LogP contribution in [0.2, 0.25) is 0 Å². The first kappa shape index (κ1) is 10.5. The summed E-state index contributed by atoms with van der Waals surface area (Å²) in [6, 6.07) is 0.664. The molecule has 0 spiro atoms. The van der Waals surface area contributed by atoms with E-state index in [0.717, 1.165) is 31.4 Å². The topological polar surface area (TPSA) is 39.1 Å². The maximum atomic E-state index is 5.00. The third-order valence-corrected chi connectivity index (χ3v) is 2.90. The summed E-state index contributed by atoms with van der Waals surface area (Å²) in [7, 11) is 1.73. The summed E-state index contributed by atoms with van der Waals surface area (Å²) in [5.74, 6) is 1.80. The minimum atomic E-state index is 0.664. The van der Waals surface area contributed by atoms with Gasteiger partial charge in [0.25, 0.3) is 0 Å². The highest BCUT2D eigenvalue weighted by Crippen LogP contribution is 2.43. The highest BCUT2D eigenvalue weighted by atomic mass is 16.5. The Morgan fingerprint density at radius 1 is 1.67 bits per heavy atom. The Morgan fingerprint density at radius 3 is 3.13 bits per heavy atom. The molecule has 0 amide bonds. The van der Waals surface area contributed by atoms with Crippen molar-refractivity contribution in [2.45, 2.75) is 25.8 Å². The number of imidazole rings is 1. The van der Waals surface area contributed by atoms with Gasteiger partial charge < -0.3 is 14.6 Å². The fraction of sp³-hybridized carbons (Fsp3) is 0.727. The number of aromatic nitrogens is 2. The number of rotatable bonds is 6. The first-order chi connectivity index (χ1) is 7.33. The number of hydrogen-bond acceptors (Lipinski definition) is 3. The Hall–Kier alpha value is -1.03. The number of hydrogen-bond donors (Lipinski definition) is 1. The van der Waals surface area contributed by atoms with Crippen LogP contribution in [0.15, 0.2) is 12.4 Å². The lowest BCUT2D eigenvalue weighted by molar-refractivity contribution is 0.197. The van der Waals surface area contributed by atoms with Crippen molar-refractivity contribution in [3.05, 3.63) is 12.4 Å². The zero-order chi connectivity index (χ0) is 10.7. The Balaban J connectivity index is 1.83. The van der Waals surface area contributed by atoms with Gasteiger partial charge in [0.2, 0.25) is 5.95 Å². The number of ether oxygens (including phenoxy) is 1. The van der Waals surface area contributed by atoms with Crippen LogP contribution in [-0.2, 0) is 4.74 Å². The first-order valence-electron chi connectivity index (χ1n) is 5.58. The molecule has 1 saturated carbocycles. The fourth-order valence-electron chi connectivity index (χ4n) is 1.82. The summed E-state index contributed by atoms with van der Waals surface area (Å²) >= 11 is 0. The van der Waals surface area contributed by atoms with E-state index in [4.69, 9.17) is 4.74 Å². The zero-order valence-electron chi connectivity index (χ0n) is 9.44. The SMILES string of the molecule is COCCCNc1nccn1C1CC1C. The number of methoxy groups -OCH3 is 1. The normalized spacial score (nSPS) is 24.1. The molecule has 0 aliphatic heterocycles. The van der Waals surface area contributed by atoms with Crippen molar-refractivity contribution >= 4 is 5.95 Å². The van der Waals surface area contributed by atoms with Gasteiger partial charge in [0.05, 0.1) is 0 Å². The minimum Gasteiger partial charge on any atom is -0.385 e. The second kappa shape index (κ2) is 4.66. The van der Waals surface area contributed by atoms with Crippen LogP contribution in [0.5, 0.6) is 0 Å². The molecule has 1 aliphatic carbocycles. The van der Waals surface area contributed by atoms with Gasteiger partial charge >= 0.3 is 0 Å². The molecule has 1 aliphatic rings. The van der Waals surface area contributed by atoms with Crippen molar-refractivity contribution in [3.63, 3.8) is 0 Å². The average Bonchev–Trinajstić information content (AvgIpc) is 2.79. The maximum absolute atomic E-state index is 5.00. The molecular weight excluding hydrogens is 190 g/mol. The predicted molar refractivity (Wildman–Crippen MR) is 60.0 cm³/mol. The van der Waals surface area contributed by atoms with Crippen LogP contribution in [0.3, 0.4) is 0 Å². The van der Waals surface area contributed by atoms with Gasteiger partial charge in [-0.05, 0) is 18.8 Å². The van der Waals surface area contributed by atoms with E-state index in [9.17, 15) is 0 Å². The van der Waals surface area contributed by atoms with E-state index >= 15 is 0 Å². The maximum Gasteiger partial charge on any atom is 0.203 e. The molecule has 1 heterocycles. The lowest BCUT2D eigenvalue weighted by Gasteiger charge is -2.08. The van der Waals surface area contributed by atoms with Crippen molar-refractivity contribution in [1.82, 2.24) is 9.55 Å². The fourth-order valence-corrected chi connectivity index (χ4v) is 1.82. The van der Waals surface area contributed by atoms with Crippen LogP contribution < -0.4 is 5.32 Å². The molecule has 0 radical (unpaired) electrons. The summed E-state index contributed by atoms with van der Waals surface area (Å²) in [6.07, 6.45) is 6.23. The molecule has 4 nitrogen and oxygen atoms in total. The smallest absolute Gasteiger partial charge is 0.203 e. The molecule has 2 rings (SSSR count). The second-order valence-corrected chi connectivity index (χ2v) is 4.21. The van der Waals surface area contributed by atoms with Crippen molar-refractivity contribution < 1.29 is 4.74 Å². The molecule has 1 aromatic heterocycles. The molecule has 1 aromatic rings. The van der Waals surface area contributed by atoms with Crippen molar-refractivity contribution in [3.8, 4) is 0 Å². The quantitative estimate of drug-likeness (QED) is 0.727. The van der Waals surface area contributed by atoms with Crippen LogP contribution in [0.25, 0.3) is 0 Å². The van der Waals surface area contributed by atoms with Gasteiger partial charge in [0.15, 0.2) is 0 Å². The third kappa shape index (κ3) is 2.50. The molecular formula is C11H19N3O. The highest BCUT2D eigenvalue weighted by Gasteiger charge is 2.35. The molecule has 2 atom stereocenters. The van der Waals surface area contributed by atoms with E-state index in [1.807, 2.05) is 6.20 Å². The monoisotopic (exact) mass is 209 g/mol. The highest BCUT2D eigenvalue weighted by molar-refractivity contribution is 5.27. The van der Waals surface area contributed by atoms with E-state index in [0.29, 0.717) is 6.04 Å². The number of anilines is 1. The molecule has 84 valence electrons. The van der Waals surface area contributed by atoms with Crippen molar-refractivity contribution in [2.24, 2.45) is 5.92 Å². The zero-order valence-corrected chi connectivity index (χ0v) is 9.44.